The number of anilines is 1. The second-order valence-electron chi connectivity index (χ2n) is 5.12. The molecule has 112 valence electrons. The number of amides is 1. The summed E-state index contributed by atoms with van der Waals surface area (Å²) in [6.45, 7) is 3.91. The summed E-state index contributed by atoms with van der Waals surface area (Å²) in [7, 11) is 0. The number of hydrogen-bond acceptors (Lipinski definition) is 4. The number of benzene rings is 1. The molecule has 0 spiro atoms. The van der Waals surface area contributed by atoms with Gasteiger partial charge in [-0.1, -0.05) is 0 Å². The average Bonchev–Trinajstić information content (AvgIpc) is 2.95. The molecule has 3 aromatic rings. The fraction of sp³-hybridized carbons (Fsp3) is 0.188. The highest BCUT2D eigenvalue weighted by Gasteiger charge is 2.08. The summed E-state index contributed by atoms with van der Waals surface area (Å²) in [6, 6.07) is 8.81. The molecular weight excluding hydrogens is 280 g/mol. The molecule has 0 saturated heterocycles. The maximum atomic E-state index is 12.2. The molecule has 1 N–H and O–H groups in total. The normalized spacial score (nSPS) is 10.9. The van der Waals surface area contributed by atoms with E-state index < -0.39 is 0 Å². The second-order valence-corrected chi connectivity index (χ2v) is 5.12. The first kappa shape index (κ1) is 14.1. The minimum absolute atomic E-state index is 0.103. The molecule has 0 aliphatic heterocycles. The molecule has 0 saturated carbocycles. The molecular formula is C16H16N4O2. The Bertz CT molecular complexity index is 793. The Kier molecular flexibility index (Phi) is 3.74. The molecule has 6 heteroatoms. The highest BCUT2D eigenvalue weighted by Crippen LogP contribution is 2.15. The Morgan fingerprint density at radius 3 is 2.73 bits per heavy atom. The van der Waals surface area contributed by atoms with Crippen molar-refractivity contribution in [1.29, 1.82) is 0 Å². The van der Waals surface area contributed by atoms with Crippen molar-refractivity contribution in [3.05, 3.63) is 54.5 Å². The Morgan fingerprint density at radius 2 is 2.00 bits per heavy atom. The lowest BCUT2D eigenvalue weighted by atomic mass is 10.2. The van der Waals surface area contributed by atoms with Crippen molar-refractivity contribution in [3.63, 3.8) is 0 Å². The summed E-state index contributed by atoms with van der Waals surface area (Å²) in [4.78, 5) is 16.4. The third-order valence-corrected chi connectivity index (χ3v) is 2.99. The number of ether oxygens (including phenoxy) is 1. The van der Waals surface area contributed by atoms with Gasteiger partial charge in [0, 0.05) is 11.6 Å². The number of hydrogen-bond donors (Lipinski definition) is 1. The van der Waals surface area contributed by atoms with Gasteiger partial charge < -0.3 is 10.1 Å². The van der Waals surface area contributed by atoms with Crippen molar-refractivity contribution in [1.82, 2.24) is 14.6 Å². The molecule has 22 heavy (non-hydrogen) atoms. The van der Waals surface area contributed by atoms with Crippen molar-refractivity contribution >= 4 is 17.2 Å². The van der Waals surface area contributed by atoms with E-state index in [4.69, 9.17) is 4.74 Å². The van der Waals surface area contributed by atoms with Crippen LogP contribution in [0.5, 0.6) is 5.75 Å². The predicted octanol–water partition coefficient (Wildman–Crippen LogP) is 2.77. The van der Waals surface area contributed by atoms with Crippen LogP contribution in [-0.2, 0) is 0 Å². The van der Waals surface area contributed by atoms with Crippen molar-refractivity contribution in [2.24, 2.45) is 0 Å². The third-order valence-electron chi connectivity index (χ3n) is 2.99. The van der Waals surface area contributed by atoms with E-state index in [0.29, 0.717) is 11.3 Å². The summed E-state index contributed by atoms with van der Waals surface area (Å²) in [5.41, 5.74) is 1.87. The van der Waals surface area contributed by atoms with Gasteiger partial charge in [0.15, 0.2) is 5.65 Å². The Balaban J connectivity index is 1.73. The zero-order valence-corrected chi connectivity index (χ0v) is 12.4. The average molecular weight is 296 g/mol. The molecule has 2 heterocycles. The zero-order chi connectivity index (χ0) is 15.5. The smallest absolute Gasteiger partial charge is 0.255 e. The van der Waals surface area contributed by atoms with Crippen molar-refractivity contribution in [2.45, 2.75) is 20.0 Å². The lowest BCUT2D eigenvalue weighted by Crippen LogP contribution is -2.13. The van der Waals surface area contributed by atoms with Gasteiger partial charge in [0.1, 0.15) is 5.75 Å². The highest BCUT2D eigenvalue weighted by molar-refractivity contribution is 6.04. The van der Waals surface area contributed by atoms with Gasteiger partial charge in [0.2, 0.25) is 0 Å². The standard InChI is InChI=1S/C16H16N4O2/c1-11(2)22-14-5-3-12(4-6-14)16(21)19-13-9-17-15-7-8-18-20(15)10-13/h3-11H,1-2H3,(H,19,21). The molecule has 2 aromatic heterocycles. The molecule has 0 unspecified atom stereocenters. The monoisotopic (exact) mass is 296 g/mol. The van der Waals surface area contributed by atoms with Crippen LogP contribution < -0.4 is 10.1 Å². The van der Waals surface area contributed by atoms with Crippen molar-refractivity contribution in [2.75, 3.05) is 5.32 Å². The second kappa shape index (κ2) is 5.85. The molecule has 0 fully saturated rings. The summed E-state index contributed by atoms with van der Waals surface area (Å²) in [6.07, 6.45) is 5.08. The van der Waals surface area contributed by atoms with Gasteiger partial charge in [-0.2, -0.15) is 5.10 Å². The predicted molar refractivity (Wildman–Crippen MR) is 83.1 cm³/mol. The van der Waals surface area contributed by atoms with E-state index in [-0.39, 0.29) is 12.0 Å². The summed E-state index contributed by atoms with van der Waals surface area (Å²) in [5.74, 6) is 0.538. The summed E-state index contributed by atoms with van der Waals surface area (Å²) >= 11 is 0. The van der Waals surface area contributed by atoms with Gasteiger partial charge in [-0.15, -0.1) is 0 Å². The summed E-state index contributed by atoms with van der Waals surface area (Å²) < 4.78 is 7.16. The van der Waals surface area contributed by atoms with Crippen LogP contribution >= 0.6 is 0 Å². The Morgan fingerprint density at radius 1 is 1.23 bits per heavy atom. The highest BCUT2D eigenvalue weighted by atomic mass is 16.5. The molecule has 0 aliphatic rings. The molecule has 6 nitrogen and oxygen atoms in total. The van der Waals surface area contributed by atoms with E-state index in [1.165, 1.54) is 0 Å². The van der Waals surface area contributed by atoms with E-state index in [1.54, 1.807) is 53.4 Å². The van der Waals surface area contributed by atoms with E-state index in [9.17, 15) is 4.79 Å². The molecule has 0 bridgehead atoms. The topological polar surface area (TPSA) is 68.5 Å². The molecule has 1 aromatic carbocycles. The van der Waals surface area contributed by atoms with Crippen LogP contribution in [0.2, 0.25) is 0 Å². The first-order valence-electron chi connectivity index (χ1n) is 6.99. The summed E-state index contributed by atoms with van der Waals surface area (Å²) in [5, 5.41) is 6.88. The quantitative estimate of drug-likeness (QED) is 0.803. The fourth-order valence-electron chi connectivity index (χ4n) is 2.03. The van der Waals surface area contributed by atoms with Crippen LogP contribution in [0.25, 0.3) is 5.65 Å². The Hall–Kier alpha value is -2.89. The van der Waals surface area contributed by atoms with Gasteiger partial charge in [-0.3, -0.25) is 4.79 Å². The van der Waals surface area contributed by atoms with Gasteiger partial charge >= 0.3 is 0 Å². The molecule has 3 rings (SSSR count). The number of aromatic nitrogens is 3. The number of rotatable bonds is 4. The van der Waals surface area contributed by atoms with Crippen LogP contribution in [0, 0.1) is 0 Å². The number of nitrogens with one attached hydrogen (secondary N) is 1. The number of nitrogens with zero attached hydrogens (tertiary/aromatic N) is 3. The van der Waals surface area contributed by atoms with Gasteiger partial charge in [0.05, 0.1) is 30.4 Å². The minimum atomic E-state index is -0.204. The first-order chi connectivity index (χ1) is 10.6. The SMILES string of the molecule is CC(C)Oc1ccc(C(=O)Nc2cnc3ccnn3c2)cc1. The number of carbonyl (C=O) groups excluding carboxylic acids is 1. The van der Waals surface area contributed by atoms with E-state index in [1.807, 2.05) is 13.8 Å². The van der Waals surface area contributed by atoms with Crippen LogP contribution in [0.3, 0.4) is 0 Å². The van der Waals surface area contributed by atoms with Crippen LogP contribution in [0.4, 0.5) is 5.69 Å². The lowest BCUT2D eigenvalue weighted by Gasteiger charge is -2.10. The van der Waals surface area contributed by atoms with E-state index in [0.717, 1.165) is 11.4 Å². The molecule has 0 radical (unpaired) electrons. The van der Waals surface area contributed by atoms with Gasteiger partial charge in [0.25, 0.3) is 5.91 Å². The minimum Gasteiger partial charge on any atom is -0.491 e. The molecule has 1 amide bonds. The van der Waals surface area contributed by atoms with Crippen LogP contribution in [0.1, 0.15) is 24.2 Å². The zero-order valence-electron chi connectivity index (χ0n) is 12.4. The first-order valence-corrected chi connectivity index (χ1v) is 6.99. The molecule has 0 aliphatic carbocycles. The lowest BCUT2D eigenvalue weighted by molar-refractivity contribution is 0.102. The number of carbonyl (C=O) groups is 1. The number of fused-ring (bicyclic) bond motifs is 1. The Labute approximate surface area is 127 Å². The maximum Gasteiger partial charge on any atom is 0.255 e. The third kappa shape index (κ3) is 3.06. The van der Waals surface area contributed by atoms with E-state index >= 15 is 0 Å². The van der Waals surface area contributed by atoms with Crippen LogP contribution in [0.15, 0.2) is 48.9 Å². The van der Waals surface area contributed by atoms with Crippen molar-refractivity contribution in [3.8, 4) is 5.75 Å². The van der Waals surface area contributed by atoms with Crippen LogP contribution in [-0.4, -0.2) is 26.6 Å². The fourth-order valence-corrected chi connectivity index (χ4v) is 2.03. The van der Waals surface area contributed by atoms with Gasteiger partial charge in [-0.05, 0) is 38.1 Å². The maximum absolute atomic E-state index is 12.2. The largest absolute Gasteiger partial charge is 0.491 e. The van der Waals surface area contributed by atoms with E-state index in [2.05, 4.69) is 15.4 Å². The molecule has 0 atom stereocenters. The van der Waals surface area contributed by atoms with Gasteiger partial charge in [-0.25, -0.2) is 9.50 Å². The van der Waals surface area contributed by atoms with Crippen molar-refractivity contribution < 1.29 is 9.53 Å².